The average molecular weight is 197 g/mol. The molecule has 4 nitrogen and oxygen atoms in total. The van der Waals surface area contributed by atoms with Gasteiger partial charge in [0.2, 0.25) is 0 Å². The van der Waals surface area contributed by atoms with Crippen molar-refractivity contribution in [3.63, 3.8) is 0 Å². The highest BCUT2D eigenvalue weighted by Gasteiger charge is 2.44. The molecule has 0 unspecified atom stereocenters. The van der Waals surface area contributed by atoms with Crippen molar-refractivity contribution in [3.8, 4) is 0 Å². The van der Waals surface area contributed by atoms with Gasteiger partial charge in [0.05, 0.1) is 0 Å². The van der Waals surface area contributed by atoms with Crippen LogP contribution < -0.4 is 5.32 Å². The zero-order chi connectivity index (χ0) is 10.2. The molecule has 80 valence electrons. The second kappa shape index (κ2) is 3.42. The van der Waals surface area contributed by atoms with Crippen LogP contribution in [0.5, 0.6) is 0 Å². The van der Waals surface area contributed by atoms with E-state index in [1.54, 1.807) is 0 Å². The van der Waals surface area contributed by atoms with E-state index in [1.165, 1.54) is 0 Å². The summed E-state index contributed by atoms with van der Waals surface area (Å²) >= 11 is 0. The summed E-state index contributed by atoms with van der Waals surface area (Å²) in [5.74, 6) is 0. The second-order valence-corrected chi connectivity index (χ2v) is 4.58. The van der Waals surface area contributed by atoms with Gasteiger partial charge < -0.3 is 15.1 Å². The minimum absolute atomic E-state index is 0.155. The lowest BCUT2D eigenvalue weighted by Gasteiger charge is -2.34. The normalized spacial score (nSPS) is 24.6. The van der Waals surface area contributed by atoms with E-state index in [-0.39, 0.29) is 11.6 Å². The lowest BCUT2D eigenvalue weighted by atomic mass is 10.3. The van der Waals surface area contributed by atoms with Crippen LogP contribution in [0.25, 0.3) is 0 Å². The van der Waals surface area contributed by atoms with Crippen LogP contribution in [0.2, 0.25) is 0 Å². The van der Waals surface area contributed by atoms with Crippen LogP contribution >= 0.6 is 0 Å². The number of piperazine rings is 1. The van der Waals surface area contributed by atoms with Crippen LogP contribution in [-0.2, 0) is 0 Å². The number of nitrogens with one attached hydrogen (secondary N) is 1. The Morgan fingerprint density at radius 2 is 1.93 bits per heavy atom. The molecule has 0 atom stereocenters. The smallest absolute Gasteiger partial charge is 0.320 e. The fourth-order valence-electron chi connectivity index (χ4n) is 1.82. The Bertz CT molecular complexity index is 232. The zero-order valence-electron chi connectivity index (χ0n) is 9.05. The molecule has 1 N–H and O–H groups in total. The highest BCUT2D eigenvalue weighted by Crippen LogP contribution is 2.40. The molecule has 1 aliphatic heterocycles. The number of carbonyl (C=O) groups excluding carboxylic acids is 1. The monoisotopic (exact) mass is 197 g/mol. The van der Waals surface area contributed by atoms with E-state index in [9.17, 15) is 4.79 Å². The minimum Gasteiger partial charge on any atom is -0.322 e. The highest BCUT2D eigenvalue weighted by molar-refractivity contribution is 5.75. The average Bonchev–Trinajstić information content (AvgIpc) is 2.97. The molecule has 1 saturated carbocycles. The largest absolute Gasteiger partial charge is 0.322 e. The molecule has 4 heteroatoms. The molecule has 0 aromatic carbocycles. The predicted molar refractivity (Wildman–Crippen MR) is 55.2 cm³/mol. The number of nitrogens with zero attached hydrogens (tertiary/aromatic N) is 2. The molecular weight excluding hydrogens is 178 g/mol. The molecule has 0 aromatic rings. The summed E-state index contributed by atoms with van der Waals surface area (Å²) in [7, 11) is 1.93. The Balaban J connectivity index is 1.93. The summed E-state index contributed by atoms with van der Waals surface area (Å²) < 4.78 is 0. The Hall–Kier alpha value is -0.770. The van der Waals surface area contributed by atoms with Crippen molar-refractivity contribution in [2.75, 3.05) is 33.2 Å². The van der Waals surface area contributed by atoms with Gasteiger partial charge in [0.25, 0.3) is 0 Å². The minimum atomic E-state index is 0.155. The van der Waals surface area contributed by atoms with Gasteiger partial charge in [-0.1, -0.05) is 0 Å². The van der Waals surface area contributed by atoms with Crippen LogP contribution in [0.4, 0.5) is 4.79 Å². The quantitative estimate of drug-likeness (QED) is 0.664. The molecule has 2 fully saturated rings. The van der Waals surface area contributed by atoms with E-state index < -0.39 is 0 Å². The predicted octanol–water partition coefficient (Wildman–Crippen LogP) is 0.496. The lowest BCUT2D eigenvalue weighted by Crippen LogP contribution is -2.52. The van der Waals surface area contributed by atoms with Crippen molar-refractivity contribution < 1.29 is 4.79 Å². The maximum atomic E-state index is 12.0. The van der Waals surface area contributed by atoms with Gasteiger partial charge in [-0.15, -0.1) is 0 Å². The van der Waals surface area contributed by atoms with Crippen molar-refractivity contribution in [2.24, 2.45) is 0 Å². The van der Waals surface area contributed by atoms with Gasteiger partial charge >= 0.3 is 6.03 Å². The molecule has 1 saturated heterocycles. The van der Waals surface area contributed by atoms with Crippen LogP contribution in [-0.4, -0.2) is 54.6 Å². The first-order valence-corrected chi connectivity index (χ1v) is 5.37. The standard InChI is InChI=1S/C10H19N3O/c1-10(3-4-10)12(2)9(14)13-7-5-11-6-8-13/h11H,3-8H2,1-2H3. The number of urea groups is 1. The molecular formula is C10H19N3O. The van der Waals surface area contributed by atoms with Gasteiger partial charge in [-0.05, 0) is 19.8 Å². The fraction of sp³-hybridized carbons (Fsp3) is 0.900. The number of hydrogen-bond donors (Lipinski definition) is 1. The summed E-state index contributed by atoms with van der Waals surface area (Å²) in [6.45, 7) is 5.71. The van der Waals surface area contributed by atoms with Crippen LogP contribution in [0, 0.1) is 0 Å². The summed E-state index contributed by atoms with van der Waals surface area (Å²) in [5.41, 5.74) is 0.155. The molecule has 1 aliphatic carbocycles. The summed E-state index contributed by atoms with van der Waals surface area (Å²) in [6, 6.07) is 0.200. The van der Waals surface area contributed by atoms with Crippen molar-refractivity contribution in [1.82, 2.24) is 15.1 Å². The third-order valence-electron chi connectivity index (χ3n) is 3.46. The third-order valence-corrected chi connectivity index (χ3v) is 3.46. The van der Waals surface area contributed by atoms with E-state index in [0.29, 0.717) is 0 Å². The molecule has 0 radical (unpaired) electrons. The van der Waals surface area contributed by atoms with E-state index in [2.05, 4.69) is 12.2 Å². The van der Waals surface area contributed by atoms with Gasteiger partial charge in [-0.2, -0.15) is 0 Å². The first-order valence-electron chi connectivity index (χ1n) is 5.37. The molecule has 0 spiro atoms. The Morgan fingerprint density at radius 1 is 1.36 bits per heavy atom. The number of hydrogen-bond acceptors (Lipinski definition) is 2. The van der Waals surface area contributed by atoms with Crippen LogP contribution in [0.15, 0.2) is 0 Å². The maximum absolute atomic E-state index is 12.0. The molecule has 2 rings (SSSR count). The molecule has 2 amide bonds. The van der Waals surface area contributed by atoms with E-state index in [1.807, 2.05) is 16.8 Å². The Kier molecular flexibility index (Phi) is 2.39. The van der Waals surface area contributed by atoms with Crippen LogP contribution in [0.1, 0.15) is 19.8 Å². The van der Waals surface area contributed by atoms with Gasteiger partial charge in [0, 0.05) is 38.8 Å². The summed E-state index contributed by atoms with van der Waals surface area (Å²) in [5, 5.41) is 3.25. The summed E-state index contributed by atoms with van der Waals surface area (Å²) in [6.07, 6.45) is 2.31. The first-order chi connectivity index (χ1) is 6.63. The molecule has 14 heavy (non-hydrogen) atoms. The fourth-order valence-corrected chi connectivity index (χ4v) is 1.82. The van der Waals surface area contributed by atoms with Crippen molar-refractivity contribution >= 4 is 6.03 Å². The second-order valence-electron chi connectivity index (χ2n) is 4.58. The lowest BCUT2D eigenvalue weighted by molar-refractivity contribution is 0.139. The van der Waals surface area contributed by atoms with Gasteiger partial charge in [0.1, 0.15) is 0 Å². The molecule has 0 aromatic heterocycles. The summed E-state index contributed by atoms with van der Waals surface area (Å²) in [4.78, 5) is 15.9. The Labute approximate surface area is 85.2 Å². The van der Waals surface area contributed by atoms with Crippen molar-refractivity contribution in [2.45, 2.75) is 25.3 Å². The van der Waals surface area contributed by atoms with Crippen LogP contribution in [0.3, 0.4) is 0 Å². The zero-order valence-corrected chi connectivity index (χ0v) is 9.05. The highest BCUT2D eigenvalue weighted by atomic mass is 16.2. The van der Waals surface area contributed by atoms with Gasteiger partial charge in [-0.3, -0.25) is 0 Å². The van der Waals surface area contributed by atoms with Gasteiger partial charge in [0.15, 0.2) is 0 Å². The van der Waals surface area contributed by atoms with E-state index >= 15 is 0 Å². The number of amides is 2. The van der Waals surface area contributed by atoms with E-state index in [0.717, 1.165) is 39.0 Å². The first kappa shape index (κ1) is 9.77. The number of rotatable bonds is 1. The van der Waals surface area contributed by atoms with E-state index in [4.69, 9.17) is 0 Å². The Morgan fingerprint density at radius 3 is 2.43 bits per heavy atom. The molecule has 1 heterocycles. The van der Waals surface area contributed by atoms with Crippen molar-refractivity contribution in [3.05, 3.63) is 0 Å². The topological polar surface area (TPSA) is 35.6 Å². The maximum Gasteiger partial charge on any atom is 0.320 e. The van der Waals surface area contributed by atoms with Gasteiger partial charge in [-0.25, -0.2) is 4.79 Å². The molecule has 2 aliphatic rings. The van der Waals surface area contributed by atoms with Crippen molar-refractivity contribution in [1.29, 1.82) is 0 Å². The third kappa shape index (κ3) is 1.71. The SMILES string of the molecule is CN(C(=O)N1CCNCC1)C1(C)CC1. The number of carbonyl (C=O) groups is 1. The molecule has 0 bridgehead atoms.